The molecule has 5 heteroatoms. The highest BCUT2D eigenvalue weighted by molar-refractivity contribution is 9.10. The van der Waals surface area contributed by atoms with Gasteiger partial charge in [0.2, 0.25) is 0 Å². The van der Waals surface area contributed by atoms with Crippen LogP contribution in [0.2, 0.25) is 0 Å². The van der Waals surface area contributed by atoms with Gasteiger partial charge in [-0.1, -0.05) is 39.3 Å². The fraction of sp³-hybridized carbons (Fsp3) is 0.238. The summed E-state index contributed by atoms with van der Waals surface area (Å²) < 4.78 is 6.34. The zero-order valence-electron chi connectivity index (χ0n) is 14.4. The smallest absolute Gasteiger partial charge is 0.198 e. The number of benzene rings is 2. The van der Waals surface area contributed by atoms with Crippen LogP contribution in [0, 0.1) is 0 Å². The molecule has 0 aliphatic heterocycles. The van der Waals surface area contributed by atoms with Crippen molar-refractivity contribution in [2.45, 2.75) is 30.1 Å². The molecule has 1 aliphatic carbocycles. The van der Waals surface area contributed by atoms with E-state index < -0.39 is 0 Å². The molecule has 3 aromatic rings. The summed E-state index contributed by atoms with van der Waals surface area (Å²) in [5, 5.41) is 3.88. The Morgan fingerprint density at radius 2 is 2.00 bits per heavy atom. The molecule has 0 unspecified atom stereocenters. The lowest BCUT2D eigenvalue weighted by molar-refractivity contribution is 0.103. The van der Waals surface area contributed by atoms with Gasteiger partial charge in [-0.25, -0.2) is 0 Å². The number of ketones is 1. The Morgan fingerprint density at radius 3 is 2.77 bits per heavy atom. The quantitative estimate of drug-likeness (QED) is 0.365. The van der Waals surface area contributed by atoms with Crippen molar-refractivity contribution in [3.05, 3.63) is 81.1 Å². The van der Waals surface area contributed by atoms with Gasteiger partial charge in [0.05, 0.1) is 11.8 Å². The molecule has 0 saturated heterocycles. The molecule has 3 nitrogen and oxygen atoms in total. The second kappa shape index (κ2) is 7.41. The summed E-state index contributed by atoms with van der Waals surface area (Å²) in [5.41, 5.74) is 3.55. The fourth-order valence-electron chi connectivity index (χ4n) is 3.19. The average Bonchev–Trinajstić information content (AvgIpc) is 3.38. The van der Waals surface area contributed by atoms with Crippen molar-refractivity contribution in [2.24, 2.45) is 0 Å². The van der Waals surface area contributed by atoms with Gasteiger partial charge in [-0.15, -0.1) is 11.8 Å². The second-order valence-electron chi connectivity index (χ2n) is 6.50. The average molecular weight is 428 g/mol. The van der Waals surface area contributed by atoms with E-state index in [0.29, 0.717) is 23.5 Å². The predicted octanol–water partition coefficient (Wildman–Crippen LogP) is 5.86. The van der Waals surface area contributed by atoms with Crippen LogP contribution in [0.4, 0.5) is 0 Å². The Morgan fingerprint density at radius 1 is 1.19 bits per heavy atom. The van der Waals surface area contributed by atoms with E-state index in [1.54, 1.807) is 18.0 Å². The SMILES string of the molecule is CSc1ccccc1Cc1cc(Br)ccc1C(=O)c1cnoc1C1CC1. The summed E-state index contributed by atoms with van der Waals surface area (Å²) in [6, 6.07) is 14.2. The number of carbonyl (C=O) groups is 1. The third-order valence-corrected chi connectivity index (χ3v) is 6.01. The molecule has 0 atom stereocenters. The maximum atomic E-state index is 13.2. The Balaban J connectivity index is 1.73. The van der Waals surface area contributed by atoms with Crippen LogP contribution in [0.1, 0.15) is 51.6 Å². The van der Waals surface area contributed by atoms with E-state index in [1.807, 2.05) is 30.3 Å². The summed E-state index contributed by atoms with van der Waals surface area (Å²) in [6.07, 6.45) is 6.50. The van der Waals surface area contributed by atoms with Crippen molar-refractivity contribution >= 4 is 33.5 Å². The van der Waals surface area contributed by atoms with E-state index in [9.17, 15) is 4.79 Å². The van der Waals surface area contributed by atoms with Crippen molar-refractivity contribution in [1.82, 2.24) is 5.16 Å². The largest absolute Gasteiger partial charge is 0.360 e. The van der Waals surface area contributed by atoms with Gasteiger partial charge in [-0.3, -0.25) is 4.79 Å². The van der Waals surface area contributed by atoms with Crippen LogP contribution in [-0.2, 0) is 6.42 Å². The van der Waals surface area contributed by atoms with Crippen LogP contribution in [0.15, 0.2) is 62.6 Å². The molecule has 1 aromatic heterocycles. The minimum atomic E-state index is -0.00252. The molecular formula is C21H18BrNO2S. The minimum absolute atomic E-state index is 0.00252. The number of hydrogen-bond acceptors (Lipinski definition) is 4. The normalized spacial score (nSPS) is 13.8. The molecule has 0 amide bonds. The molecule has 0 radical (unpaired) electrons. The van der Waals surface area contributed by atoms with E-state index in [1.165, 1.54) is 10.5 Å². The molecule has 2 aromatic carbocycles. The van der Waals surface area contributed by atoms with Crippen LogP contribution in [0.25, 0.3) is 0 Å². The van der Waals surface area contributed by atoms with Crippen molar-refractivity contribution in [1.29, 1.82) is 0 Å². The highest BCUT2D eigenvalue weighted by Gasteiger charge is 2.33. The molecule has 1 aliphatic rings. The maximum Gasteiger partial charge on any atom is 0.198 e. The molecule has 0 bridgehead atoms. The van der Waals surface area contributed by atoms with Gasteiger partial charge in [0, 0.05) is 20.8 Å². The van der Waals surface area contributed by atoms with Crippen LogP contribution in [0.5, 0.6) is 0 Å². The Bertz CT molecular complexity index is 962. The Kier molecular flexibility index (Phi) is 5.00. The highest BCUT2D eigenvalue weighted by Crippen LogP contribution is 2.42. The summed E-state index contributed by atoms with van der Waals surface area (Å²) in [5.74, 6) is 1.10. The highest BCUT2D eigenvalue weighted by atomic mass is 79.9. The third kappa shape index (κ3) is 3.51. The molecule has 1 fully saturated rings. The van der Waals surface area contributed by atoms with Crippen LogP contribution in [0.3, 0.4) is 0 Å². The first-order valence-corrected chi connectivity index (χ1v) is 10.6. The lowest BCUT2D eigenvalue weighted by Gasteiger charge is -2.12. The minimum Gasteiger partial charge on any atom is -0.360 e. The number of hydrogen-bond donors (Lipinski definition) is 0. The van der Waals surface area contributed by atoms with Gasteiger partial charge in [0.1, 0.15) is 0 Å². The first-order valence-electron chi connectivity index (χ1n) is 8.57. The molecular weight excluding hydrogens is 410 g/mol. The van der Waals surface area contributed by atoms with Crippen molar-refractivity contribution < 1.29 is 9.32 Å². The van der Waals surface area contributed by atoms with Gasteiger partial charge < -0.3 is 4.52 Å². The molecule has 1 heterocycles. The number of halogens is 1. The van der Waals surface area contributed by atoms with Gasteiger partial charge in [0.15, 0.2) is 11.5 Å². The van der Waals surface area contributed by atoms with E-state index in [4.69, 9.17) is 4.52 Å². The fourth-order valence-corrected chi connectivity index (χ4v) is 4.21. The number of carbonyl (C=O) groups excluding carboxylic acids is 1. The number of thioether (sulfide) groups is 1. The van der Waals surface area contributed by atoms with E-state index in [0.717, 1.165) is 28.6 Å². The van der Waals surface area contributed by atoms with Crippen molar-refractivity contribution in [2.75, 3.05) is 6.26 Å². The van der Waals surface area contributed by atoms with E-state index in [2.05, 4.69) is 39.5 Å². The predicted molar refractivity (Wildman–Crippen MR) is 107 cm³/mol. The van der Waals surface area contributed by atoms with Gasteiger partial charge >= 0.3 is 0 Å². The molecule has 0 spiro atoms. The third-order valence-electron chi connectivity index (χ3n) is 4.68. The lowest BCUT2D eigenvalue weighted by atomic mass is 9.94. The molecule has 4 rings (SSSR count). The zero-order valence-corrected chi connectivity index (χ0v) is 16.8. The van der Waals surface area contributed by atoms with Crippen molar-refractivity contribution in [3.8, 4) is 0 Å². The molecule has 0 N–H and O–H groups in total. The molecule has 132 valence electrons. The lowest BCUT2D eigenvalue weighted by Crippen LogP contribution is -2.07. The number of aromatic nitrogens is 1. The molecule has 1 saturated carbocycles. The zero-order chi connectivity index (χ0) is 18.1. The Hall–Kier alpha value is -1.85. The van der Waals surface area contributed by atoms with Crippen LogP contribution < -0.4 is 0 Å². The monoisotopic (exact) mass is 427 g/mol. The van der Waals surface area contributed by atoms with Crippen molar-refractivity contribution in [3.63, 3.8) is 0 Å². The van der Waals surface area contributed by atoms with E-state index in [-0.39, 0.29) is 5.78 Å². The molecule has 26 heavy (non-hydrogen) atoms. The van der Waals surface area contributed by atoms with Gasteiger partial charge in [0.25, 0.3) is 0 Å². The first-order chi connectivity index (χ1) is 12.7. The summed E-state index contributed by atoms with van der Waals surface area (Å²) in [6.45, 7) is 0. The van der Waals surface area contributed by atoms with E-state index >= 15 is 0 Å². The second-order valence-corrected chi connectivity index (χ2v) is 8.26. The van der Waals surface area contributed by atoms with Crippen LogP contribution >= 0.6 is 27.7 Å². The standard InChI is InChI=1S/C21H18BrNO2S/c1-26-19-5-3-2-4-14(19)10-15-11-16(22)8-9-17(15)20(24)18-12-23-25-21(18)13-6-7-13/h2-5,8-9,11-13H,6-7,10H2,1H3. The van der Waals surface area contributed by atoms with Crippen LogP contribution in [-0.4, -0.2) is 17.2 Å². The number of rotatable bonds is 6. The first kappa shape index (κ1) is 17.6. The maximum absolute atomic E-state index is 13.2. The van der Waals surface area contributed by atoms with Gasteiger partial charge in [-0.05, 0) is 60.9 Å². The summed E-state index contributed by atoms with van der Waals surface area (Å²) >= 11 is 5.27. The topological polar surface area (TPSA) is 43.1 Å². The Labute approximate surface area is 165 Å². The number of nitrogens with zero attached hydrogens (tertiary/aromatic N) is 1. The summed E-state index contributed by atoms with van der Waals surface area (Å²) in [4.78, 5) is 14.4. The van der Waals surface area contributed by atoms with Gasteiger partial charge in [-0.2, -0.15) is 0 Å². The summed E-state index contributed by atoms with van der Waals surface area (Å²) in [7, 11) is 0.